The quantitative estimate of drug-likeness (QED) is 0.726. The normalized spacial score (nSPS) is 11.4. The molecule has 3 aromatic rings. The number of rotatable bonds is 5. The number of hydrogen-bond donors (Lipinski definition) is 0. The van der Waals surface area contributed by atoms with E-state index in [1.807, 2.05) is 25.1 Å². The van der Waals surface area contributed by atoms with Gasteiger partial charge in [-0.1, -0.05) is 48.6 Å². The zero-order valence-corrected chi connectivity index (χ0v) is 13.5. The van der Waals surface area contributed by atoms with Crippen LogP contribution in [-0.4, -0.2) is 26.0 Å². The molecule has 0 radical (unpaired) electrons. The molecular weight excluding hydrogens is 296 g/mol. The van der Waals surface area contributed by atoms with E-state index in [-0.39, 0.29) is 5.56 Å². The van der Waals surface area contributed by atoms with Crippen LogP contribution in [0.2, 0.25) is 0 Å². The first-order valence-electron chi connectivity index (χ1n) is 7.28. The predicted octanol–water partition coefficient (Wildman–Crippen LogP) is 2.48. The summed E-state index contributed by atoms with van der Waals surface area (Å²) < 4.78 is 1.39. The highest BCUT2D eigenvalue weighted by molar-refractivity contribution is 7.16. The Labute approximate surface area is 132 Å². The second kappa shape index (κ2) is 6.37. The summed E-state index contributed by atoms with van der Waals surface area (Å²) in [5.74, 6) is 0. The third kappa shape index (κ3) is 3.23. The third-order valence-corrected chi connectivity index (χ3v) is 4.36. The molecule has 2 heterocycles. The van der Waals surface area contributed by atoms with E-state index in [4.69, 9.17) is 0 Å². The van der Waals surface area contributed by atoms with E-state index >= 15 is 0 Å². The van der Waals surface area contributed by atoms with E-state index in [0.29, 0.717) is 4.96 Å². The van der Waals surface area contributed by atoms with Crippen LogP contribution in [0.4, 0.5) is 0 Å². The predicted molar refractivity (Wildman–Crippen MR) is 88.1 cm³/mol. The first-order valence-corrected chi connectivity index (χ1v) is 8.10. The van der Waals surface area contributed by atoms with Crippen LogP contribution in [0.5, 0.6) is 0 Å². The van der Waals surface area contributed by atoms with Crippen molar-refractivity contribution >= 4 is 16.3 Å². The zero-order chi connectivity index (χ0) is 15.5. The van der Waals surface area contributed by atoms with Gasteiger partial charge < -0.3 is 0 Å². The number of fused-ring (bicyclic) bond motifs is 1. The van der Waals surface area contributed by atoms with E-state index in [1.165, 1.54) is 27.5 Å². The summed E-state index contributed by atoms with van der Waals surface area (Å²) in [6, 6.07) is 11.9. The molecule has 6 heteroatoms. The third-order valence-electron chi connectivity index (χ3n) is 3.47. The smallest absolute Gasteiger partial charge is 0.275 e. The number of nitrogens with zero attached hydrogens (tertiary/aromatic N) is 4. The lowest BCUT2D eigenvalue weighted by molar-refractivity contribution is 0.270. The molecule has 0 saturated carbocycles. The first kappa shape index (κ1) is 14.9. The minimum atomic E-state index is -0.115. The average molecular weight is 314 g/mol. The highest BCUT2D eigenvalue weighted by Gasteiger charge is 2.11. The average Bonchev–Trinajstić information content (AvgIpc) is 2.90. The van der Waals surface area contributed by atoms with Crippen LogP contribution in [0.25, 0.3) is 4.96 Å². The molecule has 0 aliphatic heterocycles. The van der Waals surface area contributed by atoms with Crippen molar-refractivity contribution in [2.24, 2.45) is 0 Å². The molecule has 0 aliphatic rings. The Morgan fingerprint density at radius 2 is 2.00 bits per heavy atom. The lowest BCUT2D eigenvalue weighted by Crippen LogP contribution is -2.22. The van der Waals surface area contributed by atoms with Gasteiger partial charge in [-0.25, -0.2) is 4.98 Å². The Hall–Kier alpha value is -2.05. The van der Waals surface area contributed by atoms with Crippen molar-refractivity contribution in [2.45, 2.75) is 26.9 Å². The van der Waals surface area contributed by atoms with Crippen LogP contribution >= 0.6 is 11.3 Å². The number of aryl methyl sites for hydroxylation is 1. The second-order valence-corrected chi connectivity index (χ2v) is 6.26. The number of hydrogen-bond acceptors (Lipinski definition) is 5. The topological polar surface area (TPSA) is 50.5 Å². The molecule has 0 aliphatic carbocycles. The maximum Gasteiger partial charge on any atom is 0.275 e. The van der Waals surface area contributed by atoms with Crippen LogP contribution in [0.15, 0.2) is 41.2 Å². The molecule has 114 valence electrons. The standard InChI is InChI=1S/C16H18N4OS/c1-3-19(10-13-7-5-4-6-8-13)11-14-18-20-15(21)9-12(2)17-16(20)22-14/h4-9H,3,10-11H2,1-2H3. The molecule has 0 atom stereocenters. The Morgan fingerprint density at radius 1 is 1.23 bits per heavy atom. The zero-order valence-electron chi connectivity index (χ0n) is 12.7. The minimum Gasteiger partial charge on any atom is -0.293 e. The second-order valence-electron chi connectivity index (χ2n) is 5.21. The van der Waals surface area contributed by atoms with E-state index in [9.17, 15) is 4.79 Å². The Balaban J connectivity index is 1.82. The van der Waals surface area contributed by atoms with Gasteiger partial charge >= 0.3 is 0 Å². The van der Waals surface area contributed by atoms with E-state index < -0.39 is 0 Å². The van der Waals surface area contributed by atoms with Crippen LogP contribution in [0.3, 0.4) is 0 Å². The summed E-state index contributed by atoms with van der Waals surface area (Å²) in [5, 5.41) is 5.31. The van der Waals surface area contributed by atoms with Crippen LogP contribution in [-0.2, 0) is 13.1 Å². The summed E-state index contributed by atoms with van der Waals surface area (Å²) >= 11 is 1.48. The van der Waals surface area contributed by atoms with Crippen molar-refractivity contribution < 1.29 is 0 Å². The maximum absolute atomic E-state index is 11.9. The van der Waals surface area contributed by atoms with Crippen LogP contribution < -0.4 is 5.56 Å². The molecule has 1 aromatic carbocycles. The van der Waals surface area contributed by atoms with Crippen LogP contribution in [0.1, 0.15) is 23.2 Å². The summed E-state index contributed by atoms with van der Waals surface area (Å²) in [7, 11) is 0. The summed E-state index contributed by atoms with van der Waals surface area (Å²) in [6.45, 7) is 6.47. The maximum atomic E-state index is 11.9. The van der Waals surface area contributed by atoms with Gasteiger partial charge in [-0.3, -0.25) is 9.69 Å². The largest absolute Gasteiger partial charge is 0.293 e. The lowest BCUT2D eigenvalue weighted by atomic mass is 10.2. The molecule has 2 aromatic heterocycles. The Morgan fingerprint density at radius 3 is 2.73 bits per heavy atom. The van der Waals surface area contributed by atoms with E-state index in [0.717, 1.165) is 30.3 Å². The van der Waals surface area contributed by atoms with Crippen molar-refractivity contribution in [1.29, 1.82) is 0 Å². The van der Waals surface area contributed by atoms with Crippen LogP contribution in [0, 0.1) is 6.92 Å². The van der Waals surface area contributed by atoms with Gasteiger partial charge in [0.15, 0.2) is 0 Å². The monoisotopic (exact) mass is 314 g/mol. The molecule has 0 unspecified atom stereocenters. The van der Waals surface area contributed by atoms with Gasteiger partial charge in [0.05, 0.1) is 6.54 Å². The van der Waals surface area contributed by atoms with Gasteiger partial charge in [0.2, 0.25) is 4.96 Å². The van der Waals surface area contributed by atoms with Gasteiger partial charge in [0, 0.05) is 18.3 Å². The SMILES string of the molecule is CCN(Cc1ccccc1)Cc1nn2c(=O)cc(C)nc2s1. The lowest BCUT2D eigenvalue weighted by Gasteiger charge is -2.18. The Bertz CT molecular complexity index is 825. The van der Waals surface area contributed by atoms with Crippen molar-refractivity contribution in [2.75, 3.05) is 6.54 Å². The molecule has 22 heavy (non-hydrogen) atoms. The highest BCUT2D eigenvalue weighted by Crippen LogP contribution is 2.15. The molecule has 0 spiro atoms. The van der Waals surface area contributed by atoms with Gasteiger partial charge in [0.1, 0.15) is 5.01 Å². The van der Waals surface area contributed by atoms with Gasteiger partial charge in [-0.05, 0) is 19.0 Å². The number of aromatic nitrogens is 3. The summed E-state index contributed by atoms with van der Waals surface area (Å²) in [6.07, 6.45) is 0. The van der Waals surface area contributed by atoms with E-state index in [1.54, 1.807) is 0 Å². The molecule has 3 rings (SSSR count). The first-order chi connectivity index (χ1) is 10.7. The fraction of sp³-hybridized carbons (Fsp3) is 0.312. The van der Waals surface area contributed by atoms with E-state index in [2.05, 4.69) is 34.0 Å². The molecule has 0 bridgehead atoms. The fourth-order valence-electron chi connectivity index (χ4n) is 2.34. The summed E-state index contributed by atoms with van der Waals surface area (Å²) in [5.41, 5.74) is 1.89. The molecular formula is C16H18N4OS. The highest BCUT2D eigenvalue weighted by atomic mass is 32.1. The van der Waals surface area contributed by atoms with Gasteiger partial charge in [0.25, 0.3) is 5.56 Å². The van der Waals surface area contributed by atoms with Crippen molar-refractivity contribution in [3.05, 3.63) is 63.0 Å². The van der Waals surface area contributed by atoms with Gasteiger partial charge in [-0.15, -0.1) is 0 Å². The number of benzene rings is 1. The minimum absolute atomic E-state index is 0.115. The molecule has 5 nitrogen and oxygen atoms in total. The molecule has 0 N–H and O–H groups in total. The van der Waals surface area contributed by atoms with Crippen molar-refractivity contribution in [3.8, 4) is 0 Å². The van der Waals surface area contributed by atoms with Gasteiger partial charge in [-0.2, -0.15) is 9.61 Å². The van der Waals surface area contributed by atoms with Crippen molar-refractivity contribution in [3.63, 3.8) is 0 Å². The van der Waals surface area contributed by atoms with Crippen molar-refractivity contribution in [1.82, 2.24) is 19.5 Å². The molecule has 0 fully saturated rings. The molecule has 0 saturated heterocycles. The summed E-state index contributed by atoms with van der Waals surface area (Å²) in [4.78, 5) is 19.2. The fourth-order valence-corrected chi connectivity index (χ4v) is 3.32. The molecule has 0 amide bonds. The Kier molecular flexibility index (Phi) is 4.31.